The summed E-state index contributed by atoms with van der Waals surface area (Å²) < 4.78 is 0. The molecule has 1 rings (SSSR count). The monoisotopic (exact) mass is 117 g/mol. The van der Waals surface area contributed by atoms with Crippen molar-refractivity contribution in [3.05, 3.63) is 0 Å². The van der Waals surface area contributed by atoms with Gasteiger partial charge in [-0.1, -0.05) is 5.04 Å². The summed E-state index contributed by atoms with van der Waals surface area (Å²) in [5.74, 6) is 0. The maximum atomic E-state index is 4.47. The molecular formula is C3H5O3Si. The van der Waals surface area contributed by atoms with Gasteiger partial charge in [0.05, 0.1) is 22.6 Å². The highest BCUT2D eigenvalue weighted by Crippen LogP contribution is 2.01. The van der Waals surface area contributed by atoms with Crippen molar-refractivity contribution < 1.29 is 14.8 Å². The molecule has 1 saturated heterocycles. The van der Waals surface area contributed by atoms with Crippen molar-refractivity contribution in [3.63, 3.8) is 0 Å². The van der Waals surface area contributed by atoms with Crippen LogP contribution >= 0.6 is 0 Å². The summed E-state index contributed by atoms with van der Waals surface area (Å²) in [7, 11) is 3.21. The molecule has 0 aromatic heterocycles. The Morgan fingerprint density at radius 1 is 1.57 bits per heavy atom. The van der Waals surface area contributed by atoms with Crippen molar-refractivity contribution in [1.29, 1.82) is 0 Å². The molecule has 1 fully saturated rings. The summed E-state index contributed by atoms with van der Waals surface area (Å²) in [5.41, 5.74) is -0.00579. The molecule has 1 aliphatic heterocycles. The van der Waals surface area contributed by atoms with Crippen molar-refractivity contribution in [2.45, 2.75) is 12.1 Å². The lowest BCUT2D eigenvalue weighted by atomic mass is 10.5. The van der Waals surface area contributed by atoms with Crippen molar-refractivity contribution in [2.75, 3.05) is 6.61 Å². The zero-order valence-electron chi connectivity index (χ0n) is 3.72. The first-order valence-electron chi connectivity index (χ1n) is 2.05. The van der Waals surface area contributed by atoms with Crippen molar-refractivity contribution in [1.82, 2.24) is 0 Å². The van der Waals surface area contributed by atoms with Gasteiger partial charge in [0.2, 0.25) is 0 Å². The number of hydrogen-bond acceptors (Lipinski definition) is 3. The Balaban J connectivity index is 2.12. The molecule has 0 N–H and O–H groups in total. The van der Waals surface area contributed by atoms with Gasteiger partial charge in [-0.2, -0.15) is 0 Å². The largest absolute Gasteiger partial charge is 0.207 e. The molecule has 1 aliphatic rings. The summed E-state index contributed by atoms with van der Waals surface area (Å²) in [6, 6.07) is 0. The average Bonchev–Trinajstić information content (AvgIpc) is 1.69. The highest BCUT2D eigenvalue weighted by atomic mass is 28.1. The van der Waals surface area contributed by atoms with Gasteiger partial charge in [-0.3, -0.25) is 0 Å². The molecule has 39 valence electrons. The van der Waals surface area contributed by atoms with Crippen molar-refractivity contribution in [2.24, 2.45) is 0 Å². The Bertz CT molecular complexity index is 52.1. The Labute approximate surface area is 44.8 Å². The first-order valence-corrected chi connectivity index (χ1v) is 2.63. The van der Waals surface area contributed by atoms with Crippen LogP contribution in [0.15, 0.2) is 0 Å². The molecule has 1 heterocycles. The molecule has 3 nitrogen and oxygen atoms in total. The van der Waals surface area contributed by atoms with Crippen LogP contribution in [0.1, 0.15) is 6.42 Å². The highest BCUT2D eigenvalue weighted by Gasteiger charge is 2.08. The lowest BCUT2D eigenvalue weighted by Gasteiger charge is -2.14. The van der Waals surface area contributed by atoms with Gasteiger partial charge in [0.1, 0.15) is 0 Å². The van der Waals surface area contributed by atoms with E-state index >= 15 is 0 Å². The van der Waals surface area contributed by atoms with Gasteiger partial charge in [0, 0.05) is 0 Å². The predicted octanol–water partition coefficient (Wildman–Crippen LogP) is -0.236. The summed E-state index contributed by atoms with van der Waals surface area (Å²) in [4.78, 5) is 8.86. The van der Waals surface area contributed by atoms with Crippen LogP contribution in [0.2, 0.25) is 0 Å². The normalized spacial score (nSPS) is 33.0. The lowest BCUT2D eigenvalue weighted by Crippen LogP contribution is -2.21. The van der Waals surface area contributed by atoms with E-state index in [0.29, 0.717) is 6.61 Å². The fraction of sp³-hybridized carbons (Fsp3) is 1.00. The van der Waals surface area contributed by atoms with Crippen molar-refractivity contribution in [3.8, 4) is 0 Å². The molecule has 0 bridgehead atoms. The molecule has 1 atom stereocenters. The van der Waals surface area contributed by atoms with Crippen molar-refractivity contribution >= 4 is 10.2 Å². The second-order valence-electron chi connectivity index (χ2n) is 1.26. The van der Waals surface area contributed by atoms with E-state index in [0.717, 1.165) is 6.42 Å². The van der Waals surface area contributed by atoms with Crippen LogP contribution in [-0.2, 0) is 14.8 Å². The third-order valence-electron chi connectivity index (χ3n) is 0.667. The van der Waals surface area contributed by atoms with E-state index in [1.54, 1.807) is 0 Å². The Morgan fingerprint density at radius 2 is 2.43 bits per heavy atom. The maximum absolute atomic E-state index is 4.47. The van der Waals surface area contributed by atoms with Gasteiger partial charge in [-0.15, -0.1) is 0 Å². The van der Waals surface area contributed by atoms with E-state index in [-0.39, 0.29) is 5.73 Å². The summed E-state index contributed by atoms with van der Waals surface area (Å²) in [6.07, 6.45) is 0.830. The highest BCUT2D eigenvalue weighted by molar-refractivity contribution is 6.10. The van der Waals surface area contributed by atoms with E-state index in [9.17, 15) is 0 Å². The molecular weight excluding hydrogens is 112 g/mol. The third kappa shape index (κ3) is 1.56. The van der Waals surface area contributed by atoms with Gasteiger partial charge in [-0.25, -0.2) is 9.78 Å². The number of hydrogen-bond donors (Lipinski definition) is 0. The Kier molecular flexibility index (Phi) is 1.81. The van der Waals surface area contributed by atoms with Gasteiger partial charge in [0.25, 0.3) is 0 Å². The molecule has 0 spiro atoms. The topological polar surface area (TPSA) is 27.7 Å². The van der Waals surface area contributed by atoms with Gasteiger partial charge < -0.3 is 0 Å². The minimum absolute atomic E-state index is 0.00579. The van der Waals surface area contributed by atoms with E-state index < -0.39 is 0 Å². The second kappa shape index (κ2) is 2.42. The minimum Gasteiger partial charge on any atom is -0.207 e. The van der Waals surface area contributed by atoms with Crippen LogP contribution < -0.4 is 0 Å². The molecule has 0 aromatic carbocycles. The summed E-state index contributed by atoms with van der Waals surface area (Å²) in [6.45, 7) is 0.591. The van der Waals surface area contributed by atoms with Gasteiger partial charge in [0.15, 0.2) is 0 Å². The lowest BCUT2D eigenvalue weighted by molar-refractivity contribution is -0.539. The molecule has 0 saturated carbocycles. The molecule has 7 heavy (non-hydrogen) atoms. The zero-order chi connectivity index (χ0) is 5.11. The molecule has 1 unspecified atom stereocenters. The summed E-state index contributed by atoms with van der Waals surface area (Å²) >= 11 is 0. The van der Waals surface area contributed by atoms with Crippen LogP contribution in [0.4, 0.5) is 0 Å². The molecule has 3 radical (unpaired) electrons. The summed E-state index contributed by atoms with van der Waals surface area (Å²) in [5, 5.41) is 4.13. The third-order valence-corrected chi connectivity index (χ3v) is 1.05. The quantitative estimate of drug-likeness (QED) is 0.324. The molecule has 4 heteroatoms. The zero-order valence-corrected chi connectivity index (χ0v) is 4.72. The van der Waals surface area contributed by atoms with E-state index in [1.807, 2.05) is 0 Å². The van der Waals surface area contributed by atoms with Crippen LogP contribution in [-0.4, -0.2) is 22.6 Å². The van der Waals surface area contributed by atoms with Gasteiger partial charge in [-0.05, 0) is 6.42 Å². The van der Waals surface area contributed by atoms with Gasteiger partial charge >= 0.3 is 0 Å². The fourth-order valence-corrected chi connectivity index (χ4v) is 0.470. The standard InChI is InChI=1S/C3H5O3Si/c7-3-1-2-4-6-5-3/h3H,1-2H2. The fourth-order valence-electron chi connectivity index (χ4n) is 0.312. The molecule has 0 aromatic rings. The molecule has 0 amide bonds. The van der Waals surface area contributed by atoms with E-state index in [1.165, 1.54) is 0 Å². The minimum atomic E-state index is -0.00579. The maximum Gasteiger partial charge on any atom is 0.0876 e. The predicted molar refractivity (Wildman–Crippen MR) is 22.3 cm³/mol. The van der Waals surface area contributed by atoms with Crippen LogP contribution in [0.3, 0.4) is 0 Å². The first-order chi connectivity index (χ1) is 3.39. The SMILES string of the molecule is [Si]C1CCOOO1. The Hall–Kier alpha value is 0.0969. The first kappa shape index (κ1) is 5.24. The van der Waals surface area contributed by atoms with E-state index in [2.05, 4.69) is 25.1 Å². The van der Waals surface area contributed by atoms with Crippen LogP contribution in [0, 0.1) is 0 Å². The van der Waals surface area contributed by atoms with Crippen LogP contribution in [0.5, 0.6) is 0 Å². The van der Waals surface area contributed by atoms with Crippen LogP contribution in [0.25, 0.3) is 0 Å². The second-order valence-corrected chi connectivity index (χ2v) is 1.91. The van der Waals surface area contributed by atoms with E-state index in [4.69, 9.17) is 0 Å². The molecule has 0 aliphatic carbocycles. The smallest absolute Gasteiger partial charge is 0.0876 e. The average molecular weight is 117 g/mol. The number of rotatable bonds is 0. The Morgan fingerprint density at radius 3 is 2.71 bits per heavy atom.